The summed E-state index contributed by atoms with van der Waals surface area (Å²) in [5, 5.41) is 0.962. The molecular weight excluding hydrogens is 240 g/mol. The molecule has 2 heterocycles. The van der Waals surface area contributed by atoms with E-state index in [9.17, 15) is 4.79 Å². The molecule has 0 saturated carbocycles. The number of rotatable bonds is 0. The molecule has 0 radical (unpaired) electrons. The fourth-order valence-electron chi connectivity index (χ4n) is 2.36. The van der Waals surface area contributed by atoms with Gasteiger partial charge >= 0.3 is 5.63 Å². The predicted molar refractivity (Wildman–Crippen MR) is 75.7 cm³/mol. The Kier molecular flexibility index (Phi) is 2.36. The highest BCUT2D eigenvalue weighted by Crippen LogP contribution is 2.36. The summed E-state index contributed by atoms with van der Waals surface area (Å²) in [4.78, 5) is 11.8. The second-order valence-corrected chi connectivity index (χ2v) is 5.53. The Hall–Kier alpha value is -2.03. The molecule has 98 valence electrons. The maximum atomic E-state index is 11.8. The van der Waals surface area contributed by atoms with Crippen molar-refractivity contribution in [2.45, 2.75) is 33.3 Å². The Balaban J connectivity index is 2.39. The molecule has 3 rings (SSSR count). The summed E-state index contributed by atoms with van der Waals surface area (Å²) in [5.74, 6) is 0.756. The molecule has 0 atom stereocenters. The third kappa shape index (κ3) is 1.77. The maximum Gasteiger partial charge on any atom is 0.339 e. The van der Waals surface area contributed by atoms with Gasteiger partial charge in [0, 0.05) is 10.9 Å². The zero-order valence-corrected chi connectivity index (χ0v) is 11.5. The summed E-state index contributed by atoms with van der Waals surface area (Å²) in [6.45, 7) is 7.72. The van der Waals surface area contributed by atoms with Crippen LogP contribution in [-0.4, -0.2) is 5.60 Å². The summed E-state index contributed by atoms with van der Waals surface area (Å²) in [6, 6.07) is 3.89. The van der Waals surface area contributed by atoms with Gasteiger partial charge in [-0.3, -0.25) is 0 Å². The third-order valence-corrected chi connectivity index (χ3v) is 3.65. The van der Waals surface area contributed by atoms with E-state index in [-0.39, 0.29) is 11.2 Å². The normalized spacial score (nSPS) is 16.2. The van der Waals surface area contributed by atoms with Crippen LogP contribution < -0.4 is 10.4 Å². The van der Waals surface area contributed by atoms with Gasteiger partial charge in [0.15, 0.2) is 0 Å². The first kappa shape index (κ1) is 12.0. The minimum atomic E-state index is -0.333. The molecule has 0 amide bonds. The quantitative estimate of drug-likeness (QED) is 0.676. The van der Waals surface area contributed by atoms with Crippen molar-refractivity contribution in [1.82, 2.24) is 0 Å². The molecule has 1 aliphatic rings. The molecule has 2 aromatic rings. The number of aryl methyl sites for hydroxylation is 1. The first-order chi connectivity index (χ1) is 8.89. The van der Waals surface area contributed by atoms with Crippen LogP contribution in [0.2, 0.25) is 0 Å². The van der Waals surface area contributed by atoms with Crippen molar-refractivity contribution in [2.24, 2.45) is 0 Å². The smallest absolute Gasteiger partial charge is 0.339 e. The van der Waals surface area contributed by atoms with Gasteiger partial charge in [0.1, 0.15) is 16.9 Å². The monoisotopic (exact) mass is 256 g/mol. The average Bonchev–Trinajstić information content (AvgIpc) is 2.34. The fourth-order valence-corrected chi connectivity index (χ4v) is 2.36. The van der Waals surface area contributed by atoms with Crippen LogP contribution in [0, 0.1) is 13.8 Å². The topological polar surface area (TPSA) is 39.4 Å². The third-order valence-electron chi connectivity index (χ3n) is 3.65. The van der Waals surface area contributed by atoms with Gasteiger partial charge in [0.05, 0.1) is 5.56 Å². The maximum absolute atomic E-state index is 11.8. The highest BCUT2D eigenvalue weighted by molar-refractivity contribution is 5.91. The van der Waals surface area contributed by atoms with E-state index < -0.39 is 0 Å². The van der Waals surface area contributed by atoms with Gasteiger partial charge in [-0.2, -0.15) is 0 Å². The molecule has 1 aliphatic heterocycles. The Morgan fingerprint density at radius 2 is 1.84 bits per heavy atom. The largest absolute Gasteiger partial charge is 0.483 e. The first-order valence-electron chi connectivity index (χ1n) is 6.34. The van der Waals surface area contributed by atoms with E-state index in [0.29, 0.717) is 11.1 Å². The first-order valence-corrected chi connectivity index (χ1v) is 6.34. The van der Waals surface area contributed by atoms with Crippen molar-refractivity contribution in [2.75, 3.05) is 0 Å². The van der Waals surface area contributed by atoms with E-state index in [4.69, 9.17) is 9.15 Å². The van der Waals surface area contributed by atoms with Crippen LogP contribution in [0.1, 0.15) is 30.5 Å². The van der Waals surface area contributed by atoms with Gasteiger partial charge in [-0.1, -0.05) is 0 Å². The summed E-state index contributed by atoms with van der Waals surface area (Å²) in [6.07, 6.45) is 3.95. The number of hydrogen-bond acceptors (Lipinski definition) is 3. The highest BCUT2D eigenvalue weighted by Gasteiger charge is 2.24. The Morgan fingerprint density at radius 1 is 1.11 bits per heavy atom. The second-order valence-electron chi connectivity index (χ2n) is 5.53. The van der Waals surface area contributed by atoms with Crippen LogP contribution >= 0.6 is 0 Å². The van der Waals surface area contributed by atoms with Gasteiger partial charge in [0.25, 0.3) is 0 Å². The minimum absolute atomic E-state index is 0.281. The second kappa shape index (κ2) is 3.73. The van der Waals surface area contributed by atoms with E-state index in [2.05, 4.69) is 0 Å². The molecule has 1 aromatic heterocycles. The average molecular weight is 256 g/mol. The molecular formula is C16H16O3. The van der Waals surface area contributed by atoms with Crippen LogP contribution in [-0.2, 0) is 0 Å². The van der Waals surface area contributed by atoms with Crippen LogP contribution in [0.4, 0.5) is 0 Å². The van der Waals surface area contributed by atoms with Gasteiger partial charge in [-0.05, 0) is 57.5 Å². The number of hydrogen-bond donors (Lipinski definition) is 0. The van der Waals surface area contributed by atoms with Crippen molar-refractivity contribution in [3.05, 3.63) is 45.3 Å². The van der Waals surface area contributed by atoms with Crippen LogP contribution in [0.25, 0.3) is 17.0 Å². The molecule has 0 spiro atoms. The lowest BCUT2D eigenvalue weighted by Crippen LogP contribution is -2.27. The van der Waals surface area contributed by atoms with Crippen molar-refractivity contribution in [3.63, 3.8) is 0 Å². The Bertz CT molecular complexity index is 764. The van der Waals surface area contributed by atoms with Gasteiger partial charge < -0.3 is 9.15 Å². The predicted octanol–water partition coefficient (Wildman–Crippen LogP) is 3.59. The van der Waals surface area contributed by atoms with E-state index in [1.165, 1.54) is 0 Å². The van der Waals surface area contributed by atoms with Crippen LogP contribution in [0.3, 0.4) is 0 Å². The zero-order valence-electron chi connectivity index (χ0n) is 11.5. The van der Waals surface area contributed by atoms with Crippen LogP contribution in [0.15, 0.2) is 27.4 Å². The number of ether oxygens (including phenoxy) is 1. The fraction of sp³-hybridized carbons (Fsp3) is 0.312. The number of fused-ring (bicyclic) bond motifs is 3. The van der Waals surface area contributed by atoms with Gasteiger partial charge in [-0.25, -0.2) is 4.79 Å². The van der Waals surface area contributed by atoms with E-state index in [1.807, 2.05) is 45.1 Å². The van der Waals surface area contributed by atoms with E-state index >= 15 is 0 Å². The standard InChI is InChI=1S/C16H16O3/c1-9-10(2)15(17)18-14-11(9)5-6-13-12(14)7-8-16(3,4)19-13/h5-8H,1-4H3. The molecule has 3 nitrogen and oxygen atoms in total. The van der Waals surface area contributed by atoms with Crippen molar-refractivity contribution in [1.29, 1.82) is 0 Å². The Labute approximate surface area is 111 Å². The zero-order chi connectivity index (χ0) is 13.8. The molecule has 0 aliphatic carbocycles. The molecule has 0 unspecified atom stereocenters. The van der Waals surface area contributed by atoms with Crippen molar-refractivity contribution < 1.29 is 9.15 Å². The summed E-state index contributed by atoms with van der Waals surface area (Å²) in [5.41, 5.74) is 2.47. The molecule has 0 saturated heterocycles. The Morgan fingerprint density at radius 3 is 2.58 bits per heavy atom. The molecule has 0 N–H and O–H groups in total. The SMILES string of the molecule is Cc1c(C)c2ccc3c(c2oc1=O)C=CC(C)(C)O3. The van der Waals surface area contributed by atoms with Crippen molar-refractivity contribution in [3.8, 4) is 5.75 Å². The number of benzene rings is 1. The lowest BCUT2D eigenvalue weighted by molar-refractivity contribution is 0.159. The molecule has 0 fully saturated rings. The molecule has 19 heavy (non-hydrogen) atoms. The summed E-state index contributed by atoms with van der Waals surface area (Å²) in [7, 11) is 0. The van der Waals surface area contributed by atoms with Gasteiger partial charge in [-0.15, -0.1) is 0 Å². The van der Waals surface area contributed by atoms with Crippen LogP contribution in [0.5, 0.6) is 5.75 Å². The van der Waals surface area contributed by atoms with Gasteiger partial charge in [0.2, 0.25) is 0 Å². The highest BCUT2D eigenvalue weighted by atomic mass is 16.5. The van der Waals surface area contributed by atoms with E-state index in [0.717, 1.165) is 22.3 Å². The lowest BCUT2D eigenvalue weighted by Gasteiger charge is -2.28. The summed E-state index contributed by atoms with van der Waals surface area (Å²) < 4.78 is 11.3. The van der Waals surface area contributed by atoms with Crippen molar-refractivity contribution >= 4 is 17.0 Å². The lowest BCUT2D eigenvalue weighted by atomic mass is 9.98. The molecule has 1 aromatic carbocycles. The molecule has 0 bridgehead atoms. The minimum Gasteiger partial charge on any atom is -0.483 e. The molecule has 3 heteroatoms. The summed E-state index contributed by atoms with van der Waals surface area (Å²) >= 11 is 0. The van der Waals surface area contributed by atoms with E-state index in [1.54, 1.807) is 6.92 Å².